The first-order chi connectivity index (χ1) is 26.3. The van der Waals surface area contributed by atoms with Crippen molar-refractivity contribution in [2.45, 2.75) is 0 Å². The molecule has 10 rings (SSSR count). The molecule has 3 nitrogen and oxygen atoms in total. The van der Waals surface area contributed by atoms with Crippen LogP contribution in [0.25, 0.3) is 54.6 Å². The summed E-state index contributed by atoms with van der Waals surface area (Å²) in [6, 6.07) is 73.4. The molecule has 53 heavy (non-hydrogen) atoms. The summed E-state index contributed by atoms with van der Waals surface area (Å²) in [5, 5.41) is 6.92. The smallest absolute Gasteiger partial charge is 0.159 e. The van der Waals surface area contributed by atoms with Crippen LogP contribution in [0.2, 0.25) is 0 Å². The molecule has 9 aromatic carbocycles. The summed E-state index contributed by atoms with van der Waals surface area (Å²) >= 11 is 0. The molecule has 0 N–H and O–H groups in total. The minimum absolute atomic E-state index is 0.836. The molecule has 0 amide bonds. The average molecular weight is 679 g/mol. The second-order valence-corrected chi connectivity index (χ2v) is 13.4. The summed E-state index contributed by atoms with van der Waals surface area (Å²) < 4.78 is 6.80. The first-order valence-corrected chi connectivity index (χ1v) is 18.0. The van der Waals surface area contributed by atoms with Crippen molar-refractivity contribution in [3.8, 4) is 11.1 Å². The molecule has 250 valence electrons. The van der Waals surface area contributed by atoms with Crippen LogP contribution in [0.5, 0.6) is 0 Å². The van der Waals surface area contributed by atoms with Gasteiger partial charge in [0.1, 0.15) is 5.58 Å². The third kappa shape index (κ3) is 5.38. The Labute approximate surface area is 308 Å². The highest BCUT2D eigenvalue weighted by Gasteiger charge is 2.26. The lowest BCUT2D eigenvalue weighted by molar-refractivity contribution is 0.669. The van der Waals surface area contributed by atoms with Crippen molar-refractivity contribution in [1.82, 2.24) is 0 Å². The maximum Gasteiger partial charge on any atom is 0.159 e. The summed E-state index contributed by atoms with van der Waals surface area (Å²) in [5.74, 6) is 0. The van der Waals surface area contributed by atoms with Gasteiger partial charge in [-0.3, -0.25) is 0 Å². The first kappa shape index (κ1) is 30.7. The Hall–Kier alpha value is -7.10. The van der Waals surface area contributed by atoms with E-state index in [1.807, 2.05) is 6.07 Å². The molecule has 10 aromatic rings. The number of hydrogen-bond acceptors (Lipinski definition) is 3. The van der Waals surface area contributed by atoms with Gasteiger partial charge in [0.2, 0.25) is 0 Å². The highest BCUT2D eigenvalue weighted by Crippen LogP contribution is 2.50. The number of hydrogen-bond donors (Lipinski definition) is 0. The van der Waals surface area contributed by atoms with Gasteiger partial charge in [0.25, 0.3) is 0 Å². The predicted molar refractivity (Wildman–Crippen MR) is 224 cm³/mol. The Kier molecular flexibility index (Phi) is 7.47. The van der Waals surface area contributed by atoms with Crippen LogP contribution in [0.1, 0.15) is 0 Å². The largest absolute Gasteiger partial charge is 0.454 e. The van der Waals surface area contributed by atoms with Crippen molar-refractivity contribution >= 4 is 77.6 Å². The molecule has 0 radical (unpaired) electrons. The zero-order valence-electron chi connectivity index (χ0n) is 28.9. The van der Waals surface area contributed by atoms with Crippen LogP contribution in [0, 0.1) is 0 Å². The summed E-state index contributed by atoms with van der Waals surface area (Å²) in [6.45, 7) is 0. The van der Waals surface area contributed by atoms with E-state index in [4.69, 9.17) is 4.42 Å². The van der Waals surface area contributed by atoms with Gasteiger partial charge in [-0.1, -0.05) is 146 Å². The van der Waals surface area contributed by atoms with E-state index in [0.29, 0.717) is 0 Å². The van der Waals surface area contributed by atoms with Crippen molar-refractivity contribution in [1.29, 1.82) is 0 Å². The lowest BCUT2D eigenvalue weighted by Gasteiger charge is -2.31. The summed E-state index contributed by atoms with van der Waals surface area (Å²) in [4.78, 5) is 4.75. The first-order valence-electron chi connectivity index (χ1n) is 18.0. The maximum absolute atomic E-state index is 6.80. The molecule has 0 aliphatic carbocycles. The number of anilines is 6. The fourth-order valence-corrected chi connectivity index (χ4v) is 7.74. The van der Waals surface area contributed by atoms with E-state index < -0.39 is 0 Å². The second-order valence-electron chi connectivity index (χ2n) is 13.4. The summed E-state index contributed by atoms with van der Waals surface area (Å²) in [7, 11) is 0. The highest BCUT2D eigenvalue weighted by atomic mass is 16.3. The molecule has 0 saturated carbocycles. The van der Waals surface area contributed by atoms with E-state index in [2.05, 4.69) is 210 Å². The van der Waals surface area contributed by atoms with Gasteiger partial charge in [0, 0.05) is 44.5 Å². The normalized spacial score (nSPS) is 11.4. The third-order valence-electron chi connectivity index (χ3n) is 10.2. The maximum atomic E-state index is 6.80. The highest BCUT2D eigenvalue weighted by molar-refractivity contribution is 6.14. The number of furan rings is 1. The lowest BCUT2D eigenvalue weighted by atomic mass is 9.94. The Morgan fingerprint density at radius 2 is 0.887 bits per heavy atom. The standard InChI is InChI=1S/C50H34N2O/c1-4-19-39(20-5-1)51(40-21-6-2-7-22-40)47-34-42(33-46-45-26-14-15-27-48(45)53-50(46)47)52(41-23-8-3-9-24-41)49-43-25-13-12-17-36(43)30-31-44(49)38-29-28-35-16-10-11-18-37(35)32-38/h1-34H. The van der Waals surface area contributed by atoms with E-state index in [-0.39, 0.29) is 0 Å². The molecule has 0 atom stereocenters. The van der Waals surface area contributed by atoms with Gasteiger partial charge < -0.3 is 14.2 Å². The number of nitrogens with zero attached hydrogens (tertiary/aromatic N) is 2. The molecule has 0 spiro atoms. The van der Waals surface area contributed by atoms with Crippen molar-refractivity contribution < 1.29 is 4.42 Å². The van der Waals surface area contributed by atoms with Crippen molar-refractivity contribution in [2.75, 3.05) is 9.80 Å². The second kappa shape index (κ2) is 12.9. The number of benzene rings is 9. The van der Waals surface area contributed by atoms with Gasteiger partial charge in [0.05, 0.1) is 11.4 Å². The van der Waals surface area contributed by atoms with E-state index in [1.54, 1.807) is 0 Å². The SMILES string of the molecule is c1ccc(N(c2cc(N(c3ccccc3)c3ccccc3)c3oc4ccccc4c3c2)c2c(-c3ccc4ccccc4c3)ccc3ccccc23)cc1. The van der Waals surface area contributed by atoms with Crippen molar-refractivity contribution in [3.63, 3.8) is 0 Å². The summed E-state index contributed by atoms with van der Waals surface area (Å²) in [5.41, 5.74) is 10.3. The minimum atomic E-state index is 0.836. The van der Waals surface area contributed by atoms with E-state index in [1.165, 1.54) is 21.5 Å². The minimum Gasteiger partial charge on any atom is -0.454 e. The molecular formula is C50H34N2O. The van der Waals surface area contributed by atoms with Crippen LogP contribution >= 0.6 is 0 Å². The quantitative estimate of drug-likeness (QED) is 0.167. The van der Waals surface area contributed by atoms with Crippen LogP contribution in [0.3, 0.4) is 0 Å². The fourth-order valence-electron chi connectivity index (χ4n) is 7.74. The lowest BCUT2D eigenvalue weighted by Crippen LogP contribution is -2.14. The van der Waals surface area contributed by atoms with E-state index in [0.717, 1.165) is 67.2 Å². The third-order valence-corrected chi connectivity index (χ3v) is 10.2. The zero-order chi connectivity index (χ0) is 35.1. The van der Waals surface area contributed by atoms with Gasteiger partial charge >= 0.3 is 0 Å². The molecule has 0 aliphatic heterocycles. The Morgan fingerprint density at radius 1 is 0.340 bits per heavy atom. The van der Waals surface area contributed by atoms with Crippen LogP contribution in [-0.2, 0) is 0 Å². The van der Waals surface area contributed by atoms with Crippen LogP contribution < -0.4 is 9.80 Å². The molecular weight excluding hydrogens is 645 g/mol. The van der Waals surface area contributed by atoms with Gasteiger partial charge in [-0.25, -0.2) is 0 Å². The summed E-state index contributed by atoms with van der Waals surface area (Å²) in [6.07, 6.45) is 0. The van der Waals surface area contributed by atoms with Gasteiger partial charge in [-0.2, -0.15) is 0 Å². The van der Waals surface area contributed by atoms with Crippen molar-refractivity contribution in [3.05, 3.63) is 206 Å². The Morgan fingerprint density at radius 3 is 1.58 bits per heavy atom. The Balaban J connectivity index is 1.32. The van der Waals surface area contributed by atoms with Gasteiger partial charge in [0.15, 0.2) is 5.58 Å². The topological polar surface area (TPSA) is 19.6 Å². The molecule has 0 unspecified atom stereocenters. The van der Waals surface area contributed by atoms with Crippen LogP contribution in [-0.4, -0.2) is 0 Å². The molecule has 1 aromatic heterocycles. The molecule has 0 fully saturated rings. The molecule has 1 heterocycles. The predicted octanol–water partition coefficient (Wildman–Crippen LogP) is 14.5. The number of para-hydroxylation sites is 4. The van der Waals surface area contributed by atoms with Gasteiger partial charge in [-0.05, 0) is 82.4 Å². The molecule has 0 bridgehead atoms. The van der Waals surface area contributed by atoms with Crippen LogP contribution in [0.15, 0.2) is 211 Å². The zero-order valence-corrected chi connectivity index (χ0v) is 28.9. The van der Waals surface area contributed by atoms with E-state index >= 15 is 0 Å². The number of fused-ring (bicyclic) bond motifs is 5. The van der Waals surface area contributed by atoms with Crippen molar-refractivity contribution in [2.24, 2.45) is 0 Å². The van der Waals surface area contributed by atoms with Gasteiger partial charge in [-0.15, -0.1) is 0 Å². The monoisotopic (exact) mass is 678 g/mol. The molecule has 3 heteroatoms. The van der Waals surface area contributed by atoms with E-state index in [9.17, 15) is 0 Å². The number of rotatable bonds is 7. The molecule has 0 aliphatic rings. The average Bonchev–Trinajstić information content (AvgIpc) is 3.61. The van der Waals surface area contributed by atoms with Crippen LogP contribution in [0.4, 0.5) is 34.1 Å². The molecule has 0 saturated heterocycles. The Bertz CT molecular complexity index is 2860. The fraction of sp³-hybridized carbons (Fsp3) is 0.